The van der Waals surface area contributed by atoms with Crippen LogP contribution in [0.3, 0.4) is 0 Å². The van der Waals surface area contributed by atoms with Crippen molar-refractivity contribution < 1.29 is 9.53 Å². The number of rotatable bonds is 6. The maximum Gasteiger partial charge on any atom is 0.170 e. The maximum absolute atomic E-state index is 13.1. The van der Waals surface area contributed by atoms with Crippen LogP contribution in [0.2, 0.25) is 0 Å². The van der Waals surface area contributed by atoms with Crippen molar-refractivity contribution in [1.29, 1.82) is 0 Å². The van der Waals surface area contributed by atoms with Gasteiger partial charge in [0.2, 0.25) is 0 Å². The minimum absolute atomic E-state index is 0.0345. The van der Waals surface area contributed by atoms with Crippen molar-refractivity contribution in [2.24, 2.45) is 5.92 Å². The average molecular weight is 308 g/mol. The molecule has 2 aromatic rings. The second-order valence-corrected chi connectivity index (χ2v) is 6.44. The van der Waals surface area contributed by atoms with E-state index in [0.717, 1.165) is 23.3 Å². The van der Waals surface area contributed by atoms with E-state index in [1.54, 1.807) is 7.11 Å². The standard InChI is InChI=1S/C21H24O2/c1-23-19-13-11-18(12-14-19)21(22)20(15-16-7-5-6-8-16)17-9-3-2-4-10-17/h2-4,9-14,16,20H,5-8,15H2,1H3. The van der Waals surface area contributed by atoms with E-state index >= 15 is 0 Å². The van der Waals surface area contributed by atoms with E-state index in [-0.39, 0.29) is 11.7 Å². The summed E-state index contributed by atoms with van der Waals surface area (Å²) >= 11 is 0. The molecular weight excluding hydrogens is 284 g/mol. The Morgan fingerprint density at radius 2 is 1.70 bits per heavy atom. The highest BCUT2D eigenvalue weighted by Gasteiger charge is 2.27. The fourth-order valence-corrected chi connectivity index (χ4v) is 3.62. The summed E-state index contributed by atoms with van der Waals surface area (Å²) in [6, 6.07) is 17.7. The minimum Gasteiger partial charge on any atom is -0.497 e. The first kappa shape index (κ1) is 15.8. The highest BCUT2D eigenvalue weighted by molar-refractivity contribution is 6.01. The fourth-order valence-electron chi connectivity index (χ4n) is 3.62. The lowest BCUT2D eigenvalue weighted by atomic mass is 9.83. The Morgan fingerprint density at radius 1 is 1.04 bits per heavy atom. The molecule has 0 saturated heterocycles. The molecule has 23 heavy (non-hydrogen) atoms. The van der Waals surface area contributed by atoms with Gasteiger partial charge in [-0.1, -0.05) is 56.0 Å². The second-order valence-electron chi connectivity index (χ2n) is 6.44. The lowest BCUT2D eigenvalue weighted by Crippen LogP contribution is -2.16. The Bertz CT molecular complexity index is 625. The molecule has 0 amide bonds. The molecule has 1 atom stereocenters. The van der Waals surface area contributed by atoms with Crippen LogP contribution in [0.15, 0.2) is 54.6 Å². The van der Waals surface area contributed by atoms with Crippen LogP contribution in [-0.2, 0) is 0 Å². The van der Waals surface area contributed by atoms with Crippen LogP contribution in [-0.4, -0.2) is 12.9 Å². The maximum atomic E-state index is 13.1. The average Bonchev–Trinajstić information content (AvgIpc) is 3.13. The number of ketones is 1. The van der Waals surface area contributed by atoms with E-state index < -0.39 is 0 Å². The largest absolute Gasteiger partial charge is 0.497 e. The van der Waals surface area contributed by atoms with Gasteiger partial charge in [0.1, 0.15) is 5.75 Å². The monoisotopic (exact) mass is 308 g/mol. The van der Waals surface area contributed by atoms with Gasteiger partial charge in [0, 0.05) is 11.5 Å². The van der Waals surface area contributed by atoms with E-state index in [4.69, 9.17) is 4.74 Å². The molecule has 1 aliphatic carbocycles. The number of carbonyl (C=O) groups is 1. The third-order valence-electron chi connectivity index (χ3n) is 4.94. The van der Waals surface area contributed by atoms with Gasteiger partial charge in [-0.3, -0.25) is 4.79 Å². The molecule has 1 unspecified atom stereocenters. The lowest BCUT2D eigenvalue weighted by molar-refractivity contribution is 0.0946. The fraction of sp³-hybridized carbons (Fsp3) is 0.381. The molecule has 2 aromatic carbocycles. The summed E-state index contributed by atoms with van der Waals surface area (Å²) < 4.78 is 5.19. The van der Waals surface area contributed by atoms with Crippen LogP contribution in [0.1, 0.15) is 53.9 Å². The van der Waals surface area contributed by atoms with E-state index in [1.165, 1.54) is 25.7 Å². The Morgan fingerprint density at radius 3 is 2.30 bits per heavy atom. The molecule has 0 aromatic heterocycles. The Kier molecular flexibility index (Phi) is 5.12. The SMILES string of the molecule is COc1ccc(C(=O)C(CC2CCCC2)c2ccccc2)cc1. The molecule has 120 valence electrons. The molecule has 0 bridgehead atoms. The summed E-state index contributed by atoms with van der Waals surface area (Å²) in [6.07, 6.45) is 6.11. The summed E-state index contributed by atoms with van der Waals surface area (Å²) in [7, 11) is 1.64. The van der Waals surface area contributed by atoms with Gasteiger partial charge in [-0.15, -0.1) is 0 Å². The predicted octanol–water partition coefficient (Wildman–Crippen LogP) is 5.24. The van der Waals surface area contributed by atoms with Gasteiger partial charge in [-0.25, -0.2) is 0 Å². The van der Waals surface area contributed by atoms with Gasteiger partial charge in [0.05, 0.1) is 7.11 Å². The molecule has 3 rings (SSSR count). The Hall–Kier alpha value is -2.09. The van der Waals surface area contributed by atoms with Gasteiger partial charge in [0.25, 0.3) is 0 Å². The molecular formula is C21H24O2. The quantitative estimate of drug-likeness (QED) is 0.682. The van der Waals surface area contributed by atoms with E-state index in [2.05, 4.69) is 12.1 Å². The highest BCUT2D eigenvalue weighted by atomic mass is 16.5. The zero-order valence-corrected chi connectivity index (χ0v) is 13.7. The van der Waals surface area contributed by atoms with E-state index in [1.807, 2.05) is 42.5 Å². The van der Waals surface area contributed by atoms with Crippen molar-refractivity contribution in [3.63, 3.8) is 0 Å². The van der Waals surface area contributed by atoms with Crippen molar-refractivity contribution in [3.8, 4) is 5.75 Å². The molecule has 2 heteroatoms. The van der Waals surface area contributed by atoms with Crippen LogP contribution in [0.4, 0.5) is 0 Å². The summed E-state index contributed by atoms with van der Waals surface area (Å²) in [5, 5.41) is 0. The van der Waals surface area contributed by atoms with Crippen LogP contribution < -0.4 is 4.74 Å². The van der Waals surface area contributed by atoms with Crippen LogP contribution in [0.25, 0.3) is 0 Å². The number of Topliss-reactive ketones (excluding diaryl/α,β-unsaturated/α-hetero) is 1. The van der Waals surface area contributed by atoms with Crippen molar-refractivity contribution in [2.75, 3.05) is 7.11 Å². The Balaban J connectivity index is 1.85. The lowest BCUT2D eigenvalue weighted by Gasteiger charge is -2.20. The van der Waals surface area contributed by atoms with Gasteiger partial charge >= 0.3 is 0 Å². The van der Waals surface area contributed by atoms with Gasteiger partial charge < -0.3 is 4.74 Å². The number of hydrogen-bond donors (Lipinski definition) is 0. The first-order valence-corrected chi connectivity index (χ1v) is 8.51. The molecule has 0 heterocycles. The number of methoxy groups -OCH3 is 1. The van der Waals surface area contributed by atoms with Crippen LogP contribution >= 0.6 is 0 Å². The summed E-state index contributed by atoms with van der Waals surface area (Å²) in [5.74, 6) is 1.66. The number of benzene rings is 2. The van der Waals surface area contributed by atoms with Crippen molar-refractivity contribution in [3.05, 3.63) is 65.7 Å². The van der Waals surface area contributed by atoms with Crippen molar-refractivity contribution >= 4 is 5.78 Å². The molecule has 1 saturated carbocycles. The Labute approximate surface area is 138 Å². The summed E-state index contributed by atoms with van der Waals surface area (Å²) in [6.45, 7) is 0. The summed E-state index contributed by atoms with van der Waals surface area (Å²) in [4.78, 5) is 13.1. The zero-order valence-electron chi connectivity index (χ0n) is 13.7. The topological polar surface area (TPSA) is 26.3 Å². The molecule has 2 nitrogen and oxygen atoms in total. The van der Waals surface area contributed by atoms with E-state index in [9.17, 15) is 4.79 Å². The number of hydrogen-bond acceptors (Lipinski definition) is 2. The van der Waals surface area contributed by atoms with Gasteiger partial charge in [-0.05, 0) is 42.2 Å². The van der Waals surface area contributed by atoms with Crippen molar-refractivity contribution in [1.82, 2.24) is 0 Å². The molecule has 0 spiro atoms. The minimum atomic E-state index is -0.0345. The van der Waals surface area contributed by atoms with E-state index in [0.29, 0.717) is 5.92 Å². The smallest absolute Gasteiger partial charge is 0.170 e. The molecule has 0 aliphatic heterocycles. The normalized spacial score (nSPS) is 16.2. The first-order valence-electron chi connectivity index (χ1n) is 8.51. The van der Waals surface area contributed by atoms with Gasteiger partial charge in [0.15, 0.2) is 5.78 Å². The molecule has 0 N–H and O–H groups in total. The predicted molar refractivity (Wildman–Crippen MR) is 93.1 cm³/mol. The molecule has 1 fully saturated rings. The highest BCUT2D eigenvalue weighted by Crippen LogP contribution is 2.36. The summed E-state index contributed by atoms with van der Waals surface area (Å²) in [5.41, 5.74) is 1.91. The molecule has 0 radical (unpaired) electrons. The number of ether oxygens (including phenoxy) is 1. The van der Waals surface area contributed by atoms with Crippen molar-refractivity contribution in [2.45, 2.75) is 38.0 Å². The zero-order chi connectivity index (χ0) is 16.1. The van der Waals surface area contributed by atoms with Gasteiger partial charge in [-0.2, -0.15) is 0 Å². The third kappa shape index (κ3) is 3.82. The van der Waals surface area contributed by atoms with Crippen LogP contribution in [0, 0.1) is 5.92 Å². The second kappa shape index (κ2) is 7.45. The first-order chi connectivity index (χ1) is 11.3. The molecule has 1 aliphatic rings. The van der Waals surface area contributed by atoms with Crippen LogP contribution in [0.5, 0.6) is 5.75 Å². The third-order valence-corrected chi connectivity index (χ3v) is 4.94. The number of carbonyl (C=O) groups excluding carboxylic acids is 1.